The van der Waals surface area contributed by atoms with Crippen molar-refractivity contribution in [3.63, 3.8) is 0 Å². The topological polar surface area (TPSA) is 70.2 Å². The van der Waals surface area contributed by atoms with Crippen LogP contribution >= 0.6 is 0 Å². The van der Waals surface area contributed by atoms with E-state index in [-0.39, 0.29) is 11.9 Å². The van der Waals surface area contributed by atoms with Crippen LogP contribution in [0.1, 0.15) is 10.4 Å². The van der Waals surface area contributed by atoms with Crippen LogP contribution in [0.5, 0.6) is 0 Å². The smallest absolute Gasteiger partial charge is 0.319 e. The monoisotopic (exact) mass is 345 g/mol. The fraction of sp³-hybridized carbons (Fsp3) is 0.0476. The second-order valence-electron chi connectivity index (χ2n) is 5.72. The number of benzene rings is 3. The number of nitrogens with one attached hydrogen (secondary N) is 3. The lowest BCUT2D eigenvalue weighted by atomic mass is 10.1. The zero-order valence-electron chi connectivity index (χ0n) is 14.2. The summed E-state index contributed by atoms with van der Waals surface area (Å²) in [5.74, 6) is -0.180. The molecule has 0 unspecified atom stereocenters. The average molecular weight is 345 g/mol. The molecule has 130 valence electrons. The lowest BCUT2D eigenvalue weighted by molar-refractivity contribution is 0.102. The fourth-order valence-corrected chi connectivity index (χ4v) is 2.51. The van der Waals surface area contributed by atoms with Crippen LogP contribution in [-0.2, 0) is 0 Å². The van der Waals surface area contributed by atoms with E-state index in [4.69, 9.17) is 0 Å². The van der Waals surface area contributed by atoms with Gasteiger partial charge in [0.1, 0.15) is 0 Å². The van der Waals surface area contributed by atoms with Crippen LogP contribution in [0.15, 0.2) is 79.4 Å². The van der Waals surface area contributed by atoms with Gasteiger partial charge >= 0.3 is 6.03 Å². The third-order valence-electron chi connectivity index (χ3n) is 3.82. The van der Waals surface area contributed by atoms with Gasteiger partial charge in [-0.2, -0.15) is 0 Å². The van der Waals surface area contributed by atoms with Crippen LogP contribution in [-0.4, -0.2) is 18.5 Å². The Balaban J connectivity index is 1.65. The van der Waals surface area contributed by atoms with Crippen molar-refractivity contribution in [1.82, 2.24) is 5.32 Å². The number of hydrogen-bond acceptors (Lipinski definition) is 2. The van der Waals surface area contributed by atoms with Gasteiger partial charge in [-0.05, 0) is 47.2 Å². The second kappa shape index (κ2) is 7.98. The first kappa shape index (κ1) is 17.2. The summed E-state index contributed by atoms with van der Waals surface area (Å²) < 4.78 is 0. The minimum atomic E-state index is -0.308. The Morgan fingerprint density at radius 1 is 0.846 bits per heavy atom. The SMILES string of the molecule is C=CCNC(=O)Nc1ccc(NC(=O)c2ccc3ccccc3c2)cc1. The van der Waals surface area contributed by atoms with Crippen LogP contribution in [0.3, 0.4) is 0 Å². The molecule has 0 fully saturated rings. The highest BCUT2D eigenvalue weighted by atomic mass is 16.2. The van der Waals surface area contributed by atoms with Crippen LogP contribution in [0.25, 0.3) is 10.8 Å². The van der Waals surface area contributed by atoms with Crippen molar-refractivity contribution in [1.29, 1.82) is 0 Å². The summed E-state index contributed by atoms with van der Waals surface area (Å²) in [6, 6.07) is 20.1. The van der Waals surface area contributed by atoms with Crippen molar-refractivity contribution in [2.45, 2.75) is 0 Å². The molecular weight excluding hydrogens is 326 g/mol. The van der Waals surface area contributed by atoms with E-state index in [1.165, 1.54) is 0 Å². The van der Waals surface area contributed by atoms with Crippen molar-refractivity contribution in [3.05, 3.63) is 84.9 Å². The molecule has 0 aliphatic rings. The first-order valence-electron chi connectivity index (χ1n) is 8.22. The highest BCUT2D eigenvalue weighted by Crippen LogP contribution is 2.18. The normalized spacial score (nSPS) is 10.2. The summed E-state index contributed by atoms with van der Waals surface area (Å²) in [5, 5.41) is 10.3. The zero-order chi connectivity index (χ0) is 18.4. The van der Waals surface area contributed by atoms with Crippen LogP contribution in [0.2, 0.25) is 0 Å². The van der Waals surface area contributed by atoms with Gasteiger partial charge in [-0.15, -0.1) is 6.58 Å². The molecule has 5 nitrogen and oxygen atoms in total. The molecule has 0 aliphatic carbocycles. The molecule has 3 rings (SSSR count). The number of rotatable bonds is 5. The van der Waals surface area contributed by atoms with E-state index in [2.05, 4.69) is 22.5 Å². The second-order valence-corrected chi connectivity index (χ2v) is 5.72. The van der Waals surface area contributed by atoms with E-state index in [9.17, 15) is 9.59 Å². The Labute approximate surface area is 151 Å². The molecule has 26 heavy (non-hydrogen) atoms. The zero-order valence-corrected chi connectivity index (χ0v) is 14.2. The molecule has 0 aromatic heterocycles. The number of urea groups is 1. The number of fused-ring (bicyclic) bond motifs is 1. The summed E-state index contributed by atoms with van der Waals surface area (Å²) in [4.78, 5) is 24.0. The predicted molar refractivity (Wildman–Crippen MR) is 106 cm³/mol. The molecule has 3 aromatic carbocycles. The molecule has 3 aromatic rings. The van der Waals surface area contributed by atoms with Crippen molar-refractivity contribution in [3.8, 4) is 0 Å². The highest BCUT2D eigenvalue weighted by Gasteiger charge is 2.07. The summed E-state index contributed by atoms with van der Waals surface area (Å²) in [6.07, 6.45) is 1.60. The van der Waals surface area contributed by atoms with Crippen molar-refractivity contribution in [2.24, 2.45) is 0 Å². The molecule has 3 N–H and O–H groups in total. The van der Waals surface area contributed by atoms with Gasteiger partial charge in [0.15, 0.2) is 0 Å². The fourth-order valence-electron chi connectivity index (χ4n) is 2.51. The molecular formula is C21H19N3O2. The molecule has 0 bridgehead atoms. The number of amides is 3. The lowest BCUT2D eigenvalue weighted by Gasteiger charge is -2.09. The summed E-state index contributed by atoms with van der Waals surface area (Å²) in [6.45, 7) is 3.93. The lowest BCUT2D eigenvalue weighted by Crippen LogP contribution is -2.28. The highest BCUT2D eigenvalue weighted by molar-refractivity contribution is 6.06. The molecule has 0 saturated heterocycles. The van der Waals surface area contributed by atoms with Gasteiger partial charge in [-0.1, -0.05) is 36.4 Å². The standard InChI is InChI=1S/C21H19N3O2/c1-2-13-22-21(26)24-19-11-9-18(10-12-19)23-20(25)17-8-7-15-5-3-4-6-16(15)14-17/h2-12,14H,1,13H2,(H,23,25)(H2,22,24,26). The van der Waals surface area contributed by atoms with Gasteiger partial charge in [0, 0.05) is 23.5 Å². The summed E-state index contributed by atoms with van der Waals surface area (Å²) >= 11 is 0. The molecule has 0 spiro atoms. The number of carbonyl (C=O) groups excluding carboxylic acids is 2. The van der Waals surface area contributed by atoms with Gasteiger partial charge < -0.3 is 16.0 Å². The Hall–Kier alpha value is -3.60. The summed E-state index contributed by atoms with van der Waals surface area (Å²) in [5.41, 5.74) is 1.88. The Bertz CT molecular complexity index is 949. The largest absolute Gasteiger partial charge is 0.334 e. The van der Waals surface area contributed by atoms with Gasteiger partial charge in [0.25, 0.3) is 5.91 Å². The number of carbonyl (C=O) groups is 2. The maximum absolute atomic E-state index is 12.4. The third kappa shape index (κ3) is 4.27. The molecule has 0 saturated carbocycles. The van der Waals surface area contributed by atoms with Crippen molar-refractivity contribution < 1.29 is 9.59 Å². The number of anilines is 2. The van der Waals surface area contributed by atoms with Crippen molar-refractivity contribution >= 4 is 34.1 Å². The Morgan fingerprint density at radius 2 is 1.50 bits per heavy atom. The maximum atomic E-state index is 12.4. The van der Waals surface area contributed by atoms with E-state index >= 15 is 0 Å². The van der Waals surface area contributed by atoms with Gasteiger partial charge in [0.2, 0.25) is 0 Å². The summed E-state index contributed by atoms with van der Waals surface area (Å²) in [7, 11) is 0. The quantitative estimate of drug-likeness (QED) is 0.600. The van der Waals surface area contributed by atoms with E-state index in [0.29, 0.717) is 23.5 Å². The van der Waals surface area contributed by atoms with Gasteiger partial charge in [0.05, 0.1) is 0 Å². The van der Waals surface area contributed by atoms with Crippen LogP contribution in [0.4, 0.5) is 16.2 Å². The van der Waals surface area contributed by atoms with Crippen LogP contribution < -0.4 is 16.0 Å². The number of hydrogen-bond donors (Lipinski definition) is 3. The van der Waals surface area contributed by atoms with Crippen molar-refractivity contribution in [2.75, 3.05) is 17.2 Å². The van der Waals surface area contributed by atoms with Crippen LogP contribution in [0, 0.1) is 0 Å². The van der Waals surface area contributed by atoms with Gasteiger partial charge in [-0.25, -0.2) is 4.79 Å². The molecule has 0 radical (unpaired) electrons. The molecule has 5 heteroatoms. The third-order valence-corrected chi connectivity index (χ3v) is 3.82. The predicted octanol–water partition coefficient (Wildman–Crippen LogP) is 4.40. The molecule has 0 aliphatic heterocycles. The maximum Gasteiger partial charge on any atom is 0.319 e. The minimum Gasteiger partial charge on any atom is -0.334 e. The first-order chi connectivity index (χ1) is 12.7. The minimum absolute atomic E-state index is 0.180. The molecule has 0 heterocycles. The van der Waals surface area contributed by atoms with Gasteiger partial charge in [-0.3, -0.25) is 4.79 Å². The van der Waals surface area contributed by atoms with E-state index < -0.39 is 0 Å². The van der Waals surface area contributed by atoms with E-state index in [0.717, 1.165) is 10.8 Å². The van der Waals surface area contributed by atoms with E-state index in [1.54, 1.807) is 36.4 Å². The average Bonchev–Trinajstić information content (AvgIpc) is 2.67. The Morgan fingerprint density at radius 3 is 2.19 bits per heavy atom. The van der Waals surface area contributed by atoms with E-state index in [1.807, 2.05) is 36.4 Å². The molecule has 0 atom stereocenters. The Kier molecular flexibility index (Phi) is 5.29. The molecule has 3 amide bonds. The first-order valence-corrected chi connectivity index (χ1v) is 8.22.